The highest BCUT2D eigenvalue weighted by atomic mass is 16.6. The summed E-state index contributed by atoms with van der Waals surface area (Å²) in [6.45, 7) is 8.76. The molecular formula is C20H26N4O4. The molecule has 4 heterocycles. The molecule has 8 heteroatoms. The molecule has 3 fully saturated rings. The van der Waals surface area contributed by atoms with Crippen molar-refractivity contribution in [2.24, 2.45) is 5.41 Å². The maximum absolute atomic E-state index is 12.1. The highest BCUT2D eigenvalue weighted by Gasteiger charge is 2.54. The fourth-order valence-electron chi connectivity index (χ4n) is 4.15. The molecule has 3 aliphatic rings. The molecule has 3 saturated heterocycles. The van der Waals surface area contributed by atoms with Crippen LogP contribution in [0.25, 0.3) is 0 Å². The van der Waals surface area contributed by atoms with Crippen LogP contribution >= 0.6 is 0 Å². The zero-order chi connectivity index (χ0) is 20.1. The first-order valence-corrected chi connectivity index (χ1v) is 9.67. The van der Waals surface area contributed by atoms with Crippen LogP contribution < -0.4 is 10.2 Å². The van der Waals surface area contributed by atoms with Gasteiger partial charge in [0, 0.05) is 44.2 Å². The summed E-state index contributed by atoms with van der Waals surface area (Å²) in [7, 11) is 0. The molecule has 0 aliphatic carbocycles. The van der Waals surface area contributed by atoms with Crippen LogP contribution in [0.5, 0.6) is 0 Å². The largest absolute Gasteiger partial charge is 0.444 e. The zero-order valence-electron chi connectivity index (χ0n) is 16.5. The number of nitrogens with zero attached hydrogens (tertiary/aromatic N) is 3. The monoisotopic (exact) mass is 386 g/mol. The number of likely N-dealkylation sites (tertiary alicyclic amines) is 1. The van der Waals surface area contributed by atoms with E-state index in [1.807, 2.05) is 32.9 Å². The first-order valence-electron chi connectivity index (χ1n) is 9.67. The Balaban J connectivity index is 1.29. The SMILES string of the molecule is CC(C)(C)OC(=O)N1CC2(C1)CN(c1ccc(C3CCC(=O)NC3=O)cn1)C2. The Morgan fingerprint density at radius 3 is 2.50 bits per heavy atom. The second-order valence-electron chi connectivity index (χ2n) is 9.15. The second kappa shape index (κ2) is 6.46. The van der Waals surface area contributed by atoms with Gasteiger partial charge in [-0.2, -0.15) is 0 Å². The number of hydrogen-bond acceptors (Lipinski definition) is 6. The van der Waals surface area contributed by atoms with Crippen molar-refractivity contribution in [3.8, 4) is 0 Å². The van der Waals surface area contributed by atoms with Crippen LogP contribution in [0.15, 0.2) is 18.3 Å². The topological polar surface area (TPSA) is 91.8 Å². The third-order valence-corrected chi connectivity index (χ3v) is 5.49. The van der Waals surface area contributed by atoms with Gasteiger partial charge in [-0.1, -0.05) is 6.07 Å². The molecule has 0 saturated carbocycles. The van der Waals surface area contributed by atoms with E-state index in [1.54, 1.807) is 11.1 Å². The Kier molecular flexibility index (Phi) is 4.32. The lowest BCUT2D eigenvalue weighted by molar-refractivity contribution is -0.134. The van der Waals surface area contributed by atoms with Crippen LogP contribution in [-0.2, 0) is 14.3 Å². The zero-order valence-corrected chi connectivity index (χ0v) is 16.5. The van der Waals surface area contributed by atoms with E-state index in [9.17, 15) is 14.4 Å². The number of amides is 3. The number of piperidine rings is 1. The molecular weight excluding hydrogens is 360 g/mol. The van der Waals surface area contributed by atoms with Crippen molar-refractivity contribution in [2.75, 3.05) is 31.1 Å². The summed E-state index contributed by atoms with van der Waals surface area (Å²) in [6, 6.07) is 3.84. The van der Waals surface area contributed by atoms with Crippen molar-refractivity contribution in [1.29, 1.82) is 0 Å². The van der Waals surface area contributed by atoms with Crippen LogP contribution in [0.1, 0.15) is 45.1 Å². The molecule has 0 bridgehead atoms. The lowest BCUT2D eigenvalue weighted by Crippen LogP contribution is -2.73. The Morgan fingerprint density at radius 1 is 1.21 bits per heavy atom. The standard InChI is InChI=1S/C20H26N4O4/c1-19(2,3)28-18(27)24-11-20(12-24)9-23(10-20)15-6-4-13(8-21-15)14-5-7-16(25)22-17(14)26/h4,6,8,14H,5,7,9-12H2,1-3H3,(H,22,25,26). The van der Waals surface area contributed by atoms with Gasteiger partial charge >= 0.3 is 6.09 Å². The number of carbonyl (C=O) groups excluding carboxylic acids is 3. The lowest BCUT2D eigenvalue weighted by atomic mass is 9.73. The van der Waals surface area contributed by atoms with E-state index in [4.69, 9.17) is 4.74 Å². The maximum Gasteiger partial charge on any atom is 0.410 e. The number of pyridine rings is 1. The van der Waals surface area contributed by atoms with E-state index < -0.39 is 5.60 Å². The first-order chi connectivity index (χ1) is 13.1. The van der Waals surface area contributed by atoms with Gasteiger partial charge in [-0.05, 0) is 38.8 Å². The number of carbonyl (C=O) groups is 3. The summed E-state index contributed by atoms with van der Waals surface area (Å²) in [5.41, 5.74) is 0.504. The smallest absolute Gasteiger partial charge is 0.410 e. The quantitative estimate of drug-likeness (QED) is 0.778. The Bertz CT molecular complexity index is 800. The first kappa shape index (κ1) is 18.7. The highest BCUT2D eigenvalue weighted by Crippen LogP contribution is 2.42. The van der Waals surface area contributed by atoms with Gasteiger partial charge in [-0.15, -0.1) is 0 Å². The van der Waals surface area contributed by atoms with Crippen LogP contribution in [0, 0.1) is 5.41 Å². The molecule has 3 aliphatic heterocycles. The molecule has 150 valence electrons. The molecule has 1 aromatic rings. The van der Waals surface area contributed by atoms with E-state index in [2.05, 4.69) is 15.2 Å². The minimum atomic E-state index is -0.473. The summed E-state index contributed by atoms with van der Waals surface area (Å²) in [6.07, 6.45) is 2.37. The number of anilines is 1. The van der Waals surface area contributed by atoms with Crippen molar-refractivity contribution in [1.82, 2.24) is 15.2 Å². The summed E-state index contributed by atoms with van der Waals surface area (Å²) in [4.78, 5) is 43.8. The molecule has 28 heavy (non-hydrogen) atoms. The lowest BCUT2D eigenvalue weighted by Gasteiger charge is -2.60. The van der Waals surface area contributed by atoms with Gasteiger partial charge in [0.15, 0.2) is 0 Å². The predicted molar refractivity (Wildman–Crippen MR) is 102 cm³/mol. The van der Waals surface area contributed by atoms with Gasteiger partial charge in [-0.25, -0.2) is 9.78 Å². The minimum absolute atomic E-state index is 0.140. The van der Waals surface area contributed by atoms with Gasteiger partial charge < -0.3 is 14.5 Å². The van der Waals surface area contributed by atoms with Crippen molar-refractivity contribution < 1.29 is 19.1 Å². The fraction of sp³-hybridized carbons (Fsp3) is 0.600. The molecule has 1 N–H and O–H groups in total. The van der Waals surface area contributed by atoms with Crippen molar-refractivity contribution in [3.05, 3.63) is 23.9 Å². The van der Waals surface area contributed by atoms with E-state index in [0.717, 1.165) is 24.5 Å². The molecule has 4 rings (SSSR count). The summed E-state index contributed by atoms with van der Waals surface area (Å²) in [5, 5.41) is 2.38. The van der Waals surface area contributed by atoms with Gasteiger partial charge in [0.05, 0.1) is 5.92 Å². The van der Waals surface area contributed by atoms with E-state index in [1.165, 1.54) is 0 Å². The number of aromatic nitrogens is 1. The van der Waals surface area contributed by atoms with E-state index in [-0.39, 0.29) is 29.2 Å². The Labute approximate surface area is 164 Å². The van der Waals surface area contributed by atoms with Crippen LogP contribution in [0.2, 0.25) is 0 Å². The van der Waals surface area contributed by atoms with Gasteiger partial charge in [-0.3, -0.25) is 14.9 Å². The number of ether oxygens (including phenoxy) is 1. The number of imide groups is 1. The molecule has 1 aromatic heterocycles. The summed E-state index contributed by atoms with van der Waals surface area (Å²) < 4.78 is 5.41. The summed E-state index contributed by atoms with van der Waals surface area (Å²) in [5.74, 6) is 0.108. The number of nitrogens with one attached hydrogen (secondary N) is 1. The molecule has 0 radical (unpaired) electrons. The molecule has 8 nitrogen and oxygen atoms in total. The third kappa shape index (κ3) is 3.55. The van der Waals surface area contributed by atoms with Gasteiger partial charge in [0.25, 0.3) is 0 Å². The van der Waals surface area contributed by atoms with E-state index >= 15 is 0 Å². The second-order valence-corrected chi connectivity index (χ2v) is 9.15. The minimum Gasteiger partial charge on any atom is -0.444 e. The average molecular weight is 386 g/mol. The number of rotatable bonds is 2. The average Bonchev–Trinajstić information content (AvgIpc) is 2.51. The van der Waals surface area contributed by atoms with Gasteiger partial charge in [0.2, 0.25) is 11.8 Å². The molecule has 0 aromatic carbocycles. The molecule has 1 unspecified atom stereocenters. The third-order valence-electron chi connectivity index (χ3n) is 5.49. The van der Waals surface area contributed by atoms with E-state index in [0.29, 0.717) is 25.9 Å². The summed E-state index contributed by atoms with van der Waals surface area (Å²) >= 11 is 0. The normalized spacial score (nSPS) is 23.8. The Morgan fingerprint density at radius 2 is 1.93 bits per heavy atom. The van der Waals surface area contributed by atoms with Gasteiger partial charge in [0.1, 0.15) is 11.4 Å². The van der Waals surface area contributed by atoms with Crippen LogP contribution in [0.3, 0.4) is 0 Å². The Hall–Kier alpha value is -2.64. The highest BCUT2D eigenvalue weighted by molar-refractivity contribution is 6.00. The maximum atomic E-state index is 12.1. The molecule has 1 spiro atoms. The van der Waals surface area contributed by atoms with Crippen LogP contribution in [-0.4, -0.2) is 59.6 Å². The molecule has 1 atom stereocenters. The predicted octanol–water partition coefficient (Wildman–Crippen LogP) is 1.66. The molecule has 3 amide bonds. The fourth-order valence-corrected chi connectivity index (χ4v) is 4.15. The van der Waals surface area contributed by atoms with Crippen molar-refractivity contribution in [3.63, 3.8) is 0 Å². The van der Waals surface area contributed by atoms with Crippen LogP contribution in [0.4, 0.5) is 10.6 Å². The number of hydrogen-bond donors (Lipinski definition) is 1. The van der Waals surface area contributed by atoms with Crippen molar-refractivity contribution >= 4 is 23.7 Å². The van der Waals surface area contributed by atoms with Crippen molar-refractivity contribution in [2.45, 2.75) is 45.1 Å².